The second-order valence-corrected chi connectivity index (χ2v) is 3.42. The largest absolute Gasteiger partial charge is 0.396 e. The van der Waals surface area contributed by atoms with Crippen LogP contribution in [0, 0.1) is 5.92 Å². The lowest BCUT2D eigenvalue weighted by atomic mass is 9.81. The molecule has 13 heavy (non-hydrogen) atoms. The molecular formula is C8H16O5. The second-order valence-electron chi connectivity index (χ2n) is 3.42. The highest BCUT2D eigenvalue weighted by atomic mass is 16.5. The highest BCUT2D eigenvalue weighted by Gasteiger charge is 2.42. The summed E-state index contributed by atoms with van der Waals surface area (Å²) in [6.07, 6.45) is -3.56. The van der Waals surface area contributed by atoms with Crippen LogP contribution in [0.2, 0.25) is 0 Å². The first-order valence-corrected chi connectivity index (χ1v) is 4.29. The van der Waals surface area contributed by atoms with E-state index in [1.165, 1.54) is 7.11 Å². The maximum Gasteiger partial charge on any atom is 0.109 e. The van der Waals surface area contributed by atoms with Crippen LogP contribution in [0.4, 0.5) is 0 Å². The Morgan fingerprint density at radius 2 is 1.77 bits per heavy atom. The van der Waals surface area contributed by atoms with Gasteiger partial charge in [0, 0.05) is 19.6 Å². The Morgan fingerprint density at radius 1 is 1.15 bits per heavy atom. The predicted molar refractivity (Wildman–Crippen MR) is 44.0 cm³/mol. The molecule has 0 aromatic rings. The molecule has 1 fully saturated rings. The first kappa shape index (κ1) is 10.9. The van der Waals surface area contributed by atoms with E-state index in [1.54, 1.807) is 0 Å². The van der Waals surface area contributed by atoms with Crippen LogP contribution in [-0.4, -0.2) is 58.6 Å². The molecule has 0 saturated heterocycles. The molecule has 4 N–H and O–H groups in total. The summed E-state index contributed by atoms with van der Waals surface area (Å²) in [5.41, 5.74) is 0. The van der Waals surface area contributed by atoms with Gasteiger partial charge in [0.15, 0.2) is 0 Å². The zero-order valence-electron chi connectivity index (χ0n) is 7.50. The van der Waals surface area contributed by atoms with E-state index in [9.17, 15) is 15.3 Å². The fourth-order valence-electron chi connectivity index (χ4n) is 1.70. The van der Waals surface area contributed by atoms with Gasteiger partial charge in [-0.1, -0.05) is 0 Å². The molecular weight excluding hydrogens is 176 g/mol. The van der Waals surface area contributed by atoms with Crippen molar-refractivity contribution in [2.75, 3.05) is 13.7 Å². The van der Waals surface area contributed by atoms with Gasteiger partial charge in [-0.3, -0.25) is 0 Å². The molecule has 78 valence electrons. The Labute approximate surface area is 76.6 Å². The molecule has 0 amide bonds. The summed E-state index contributed by atoms with van der Waals surface area (Å²) in [5.74, 6) is -0.427. The highest BCUT2D eigenvalue weighted by Crippen LogP contribution is 2.26. The predicted octanol–water partition coefficient (Wildman–Crippen LogP) is -1.90. The molecule has 1 aliphatic carbocycles. The molecule has 0 spiro atoms. The quantitative estimate of drug-likeness (QED) is 0.410. The third-order valence-corrected chi connectivity index (χ3v) is 2.64. The number of aliphatic hydroxyl groups excluding tert-OH is 4. The van der Waals surface area contributed by atoms with Gasteiger partial charge in [-0.15, -0.1) is 0 Å². The van der Waals surface area contributed by atoms with Crippen molar-refractivity contribution in [3.63, 3.8) is 0 Å². The molecule has 1 saturated carbocycles. The smallest absolute Gasteiger partial charge is 0.109 e. The zero-order chi connectivity index (χ0) is 10.0. The zero-order valence-corrected chi connectivity index (χ0v) is 7.50. The number of hydrogen-bond donors (Lipinski definition) is 4. The molecule has 0 aliphatic heterocycles. The minimum atomic E-state index is -1.24. The minimum absolute atomic E-state index is 0.217. The minimum Gasteiger partial charge on any atom is -0.396 e. The van der Waals surface area contributed by atoms with Crippen LogP contribution >= 0.6 is 0 Å². The third-order valence-electron chi connectivity index (χ3n) is 2.64. The molecule has 1 unspecified atom stereocenters. The van der Waals surface area contributed by atoms with E-state index in [2.05, 4.69) is 0 Å². The molecule has 1 rings (SSSR count). The third kappa shape index (κ3) is 2.00. The van der Waals surface area contributed by atoms with Crippen LogP contribution in [0.1, 0.15) is 6.42 Å². The lowest BCUT2D eigenvalue weighted by Crippen LogP contribution is -2.54. The monoisotopic (exact) mass is 192 g/mol. The van der Waals surface area contributed by atoms with Crippen molar-refractivity contribution in [2.24, 2.45) is 5.92 Å². The first-order chi connectivity index (χ1) is 6.11. The standard InChI is InChI=1S/C8H16O5/c1-13-5-2-4(3-9)6(10)8(12)7(5)11/h4-12H,2-3H2,1H3/t4-,5?,6+,7+,8+/m1/s1. The first-order valence-electron chi connectivity index (χ1n) is 4.29. The molecule has 5 atom stereocenters. The van der Waals surface area contributed by atoms with Gasteiger partial charge in [0.2, 0.25) is 0 Å². The van der Waals surface area contributed by atoms with Crippen molar-refractivity contribution in [2.45, 2.75) is 30.8 Å². The fraction of sp³-hybridized carbons (Fsp3) is 1.00. The molecule has 5 nitrogen and oxygen atoms in total. The molecule has 0 radical (unpaired) electrons. The number of rotatable bonds is 2. The van der Waals surface area contributed by atoms with Crippen LogP contribution < -0.4 is 0 Å². The topological polar surface area (TPSA) is 90.2 Å². The van der Waals surface area contributed by atoms with Gasteiger partial charge in [0.1, 0.15) is 12.2 Å². The van der Waals surface area contributed by atoms with Gasteiger partial charge >= 0.3 is 0 Å². The van der Waals surface area contributed by atoms with Crippen LogP contribution in [0.5, 0.6) is 0 Å². The van der Waals surface area contributed by atoms with E-state index in [4.69, 9.17) is 9.84 Å². The van der Waals surface area contributed by atoms with Crippen molar-refractivity contribution < 1.29 is 25.2 Å². The molecule has 5 heteroatoms. The Kier molecular flexibility index (Phi) is 3.63. The lowest BCUT2D eigenvalue weighted by molar-refractivity contribution is -0.170. The summed E-state index contributed by atoms with van der Waals surface area (Å²) in [5, 5.41) is 37.0. The summed E-state index contributed by atoms with van der Waals surface area (Å²) in [6, 6.07) is 0. The van der Waals surface area contributed by atoms with E-state index in [-0.39, 0.29) is 6.61 Å². The van der Waals surface area contributed by atoms with Crippen LogP contribution in [0.25, 0.3) is 0 Å². The van der Waals surface area contributed by atoms with Gasteiger partial charge in [-0.2, -0.15) is 0 Å². The summed E-state index contributed by atoms with van der Waals surface area (Å²) < 4.78 is 4.92. The molecule has 1 aliphatic rings. The van der Waals surface area contributed by atoms with Gasteiger partial charge in [-0.05, 0) is 6.42 Å². The molecule has 0 heterocycles. The van der Waals surface area contributed by atoms with E-state index in [0.717, 1.165) is 0 Å². The summed E-state index contributed by atoms with van der Waals surface area (Å²) in [7, 11) is 1.42. The van der Waals surface area contributed by atoms with Gasteiger partial charge in [0.05, 0.1) is 12.2 Å². The summed E-state index contributed by atoms with van der Waals surface area (Å²) in [4.78, 5) is 0. The Balaban J connectivity index is 2.66. The Bertz CT molecular complexity index is 143. The van der Waals surface area contributed by atoms with Crippen molar-refractivity contribution in [1.29, 1.82) is 0 Å². The summed E-state index contributed by atoms with van der Waals surface area (Å²) >= 11 is 0. The Morgan fingerprint density at radius 3 is 2.23 bits per heavy atom. The van der Waals surface area contributed by atoms with Crippen LogP contribution in [0.3, 0.4) is 0 Å². The van der Waals surface area contributed by atoms with Crippen molar-refractivity contribution in [3.8, 4) is 0 Å². The molecule has 0 aromatic heterocycles. The lowest BCUT2D eigenvalue weighted by Gasteiger charge is -2.38. The van der Waals surface area contributed by atoms with Gasteiger partial charge in [0.25, 0.3) is 0 Å². The fourth-order valence-corrected chi connectivity index (χ4v) is 1.70. The SMILES string of the molecule is COC1C[C@H](CO)[C@H](O)[C@H](O)[C@H]1O. The number of methoxy groups -OCH3 is 1. The maximum absolute atomic E-state index is 9.40. The van der Waals surface area contributed by atoms with E-state index < -0.39 is 30.3 Å². The number of aliphatic hydroxyl groups is 4. The highest BCUT2D eigenvalue weighted by molar-refractivity contribution is 4.92. The van der Waals surface area contributed by atoms with Gasteiger partial charge < -0.3 is 25.2 Å². The molecule has 0 aromatic carbocycles. The number of hydrogen-bond acceptors (Lipinski definition) is 5. The Hall–Kier alpha value is -0.200. The van der Waals surface area contributed by atoms with Gasteiger partial charge in [-0.25, -0.2) is 0 Å². The van der Waals surface area contributed by atoms with E-state index in [0.29, 0.717) is 6.42 Å². The average molecular weight is 192 g/mol. The average Bonchev–Trinajstić information content (AvgIpc) is 2.15. The molecule has 0 bridgehead atoms. The van der Waals surface area contributed by atoms with Crippen molar-refractivity contribution in [3.05, 3.63) is 0 Å². The van der Waals surface area contributed by atoms with Crippen LogP contribution in [0.15, 0.2) is 0 Å². The normalized spacial score (nSPS) is 46.4. The van der Waals surface area contributed by atoms with Crippen LogP contribution in [-0.2, 0) is 4.74 Å². The maximum atomic E-state index is 9.40. The van der Waals surface area contributed by atoms with E-state index >= 15 is 0 Å². The second kappa shape index (κ2) is 4.34. The van der Waals surface area contributed by atoms with Crippen molar-refractivity contribution in [1.82, 2.24) is 0 Å². The summed E-state index contributed by atoms with van der Waals surface area (Å²) in [6.45, 7) is -0.217. The van der Waals surface area contributed by atoms with E-state index in [1.807, 2.05) is 0 Å². The number of ether oxygens (including phenoxy) is 1. The van der Waals surface area contributed by atoms with Crippen molar-refractivity contribution >= 4 is 0 Å².